The van der Waals surface area contributed by atoms with Crippen LogP contribution in [0.3, 0.4) is 0 Å². The van der Waals surface area contributed by atoms with Crippen LogP contribution < -0.4 is 0 Å². The van der Waals surface area contributed by atoms with Crippen LogP contribution in [0.4, 0.5) is 0 Å². The molecule has 17 heavy (non-hydrogen) atoms. The van der Waals surface area contributed by atoms with Gasteiger partial charge in [0.25, 0.3) is 0 Å². The largest absolute Gasteiger partial charge is 0.296 e. The Morgan fingerprint density at radius 2 is 2.35 bits per heavy atom. The maximum atomic E-state index is 4.51. The molecular formula is C12H10IN3S. The molecule has 0 aromatic carbocycles. The number of thiazole rings is 1. The Hall–Kier alpha value is -0.950. The monoisotopic (exact) mass is 355 g/mol. The minimum atomic E-state index is 0.281. The van der Waals surface area contributed by atoms with E-state index in [1.807, 2.05) is 18.6 Å². The van der Waals surface area contributed by atoms with Crippen LogP contribution in [-0.2, 0) is 0 Å². The highest BCUT2D eigenvalue weighted by Crippen LogP contribution is 2.30. The smallest absolute Gasteiger partial charge is 0.124 e. The average molecular weight is 355 g/mol. The van der Waals surface area contributed by atoms with Gasteiger partial charge in [-0.1, -0.05) is 13.0 Å². The van der Waals surface area contributed by atoms with Gasteiger partial charge in [0.15, 0.2) is 0 Å². The second-order valence-corrected chi connectivity index (χ2v) is 6.81. The van der Waals surface area contributed by atoms with E-state index in [1.54, 1.807) is 17.5 Å². The van der Waals surface area contributed by atoms with Crippen molar-refractivity contribution < 1.29 is 0 Å². The fourth-order valence-electron chi connectivity index (χ4n) is 1.88. The molecule has 0 radical (unpaired) electrons. The fraction of sp³-hybridized carbons (Fsp3) is 0.167. The van der Waals surface area contributed by atoms with E-state index in [4.69, 9.17) is 0 Å². The number of rotatable bonds is 2. The number of halogens is 1. The summed E-state index contributed by atoms with van der Waals surface area (Å²) in [5.74, 6) is 0.281. The van der Waals surface area contributed by atoms with E-state index in [1.165, 1.54) is 13.3 Å². The Morgan fingerprint density at radius 1 is 1.47 bits per heavy atom. The van der Waals surface area contributed by atoms with Gasteiger partial charge in [-0.05, 0) is 34.2 Å². The van der Waals surface area contributed by atoms with E-state index in [0.717, 1.165) is 5.69 Å². The van der Waals surface area contributed by atoms with Crippen molar-refractivity contribution in [3.8, 4) is 0 Å². The first-order valence-corrected chi connectivity index (χ1v) is 7.17. The minimum Gasteiger partial charge on any atom is -0.296 e. The van der Waals surface area contributed by atoms with Crippen molar-refractivity contribution >= 4 is 38.8 Å². The van der Waals surface area contributed by atoms with Gasteiger partial charge in [0, 0.05) is 24.5 Å². The second kappa shape index (κ2) is 4.38. The van der Waals surface area contributed by atoms with Crippen LogP contribution in [0.25, 0.3) is 4.83 Å². The van der Waals surface area contributed by atoms with E-state index >= 15 is 0 Å². The van der Waals surface area contributed by atoms with E-state index in [9.17, 15) is 0 Å². The first-order chi connectivity index (χ1) is 8.25. The number of hydrogen-bond acceptors (Lipinski definition) is 3. The summed E-state index contributed by atoms with van der Waals surface area (Å²) >= 11 is 4.12. The van der Waals surface area contributed by atoms with Crippen molar-refractivity contribution in [1.82, 2.24) is 14.4 Å². The highest BCUT2D eigenvalue weighted by Gasteiger charge is 2.16. The van der Waals surface area contributed by atoms with Gasteiger partial charge in [0.1, 0.15) is 11.2 Å². The molecule has 0 aliphatic carbocycles. The van der Waals surface area contributed by atoms with Crippen molar-refractivity contribution in [2.75, 3.05) is 0 Å². The van der Waals surface area contributed by atoms with Crippen LogP contribution in [0, 0.1) is 2.88 Å². The van der Waals surface area contributed by atoms with Crippen molar-refractivity contribution in [2.45, 2.75) is 12.8 Å². The Labute approximate surface area is 117 Å². The highest BCUT2D eigenvalue weighted by molar-refractivity contribution is 14.1. The highest BCUT2D eigenvalue weighted by atomic mass is 127. The van der Waals surface area contributed by atoms with Gasteiger partial charge in [-0.2, -0.15) is 0 Å². The molecule has 0 bridgehead atoms. The molecular weight excluding hydrogens is 345 g/mol. The third-order valence-electron chi connectivity index (χ3n) is 2.80. The number of hydrogen-bond donors (Lipinski definition) is 0. The summed E-state index contributed by atoms with van der Waals surface area (Å²) < 4.78 is 3.37. The molecule has 3 rings (SSSR count). The molecule has 3 aromatic rings. The molecule has 0 spiro atoms. The molecule has 3 aromatic heterocycles. The van der Waals surface area contributed by atoms with Gasteiger partial charge in [-0.15, -0.1) is 11.3 Å². The van der Waals surface area contributed by atoms with Gasteiger partial charge >= 0.3 is 0 Å². The first kappa shape index (κ1) is 11.2. The van der Waals surface area contributed by atoms with Gasteiger partial charge in [0.05, 0.1) is 8.58 Å². The molecule has 1 atom stereocenters. The summed E-state index contributed by atoms with van der Waals surface area (Å²) in [4.78, 5) is 9.91. The predicted octanol–water partition coefficient (Wildman–Crippen LogP) is 3.55. The molecule has 5 heteroatoms. The van der Waals surface area contributed by atoms with Gasteiger partial charge in [-0.3, -0.25) is 9.38 Å². The summed E-state index contributed by atoms with van der Waals surface area (Å²) in [5.41, 5.74) is 2.34. The van der Waals surface area contributed by atoms with Crippen molar-refractivity contribution in [3.63, 3.8) is 0 Å². The van der Waals surface area contributed by atoms with E-state index in [2.05, 4.69) is 56.1 Å². The normalized spacial score (nSPS) is 13.1. The number of nitrogens with zero attached hydrogens (tertiary/aromatic N) is 3. The van der Waals surface area contributed by atoms with E-state index < -0.39 is 0 Å². The van der Waals surface area contributed by atoms with Crippen LogP contribution in [-0.4, -0.2) is 14.4 Å². The molecule has 0 N–H and O–H groups in total. The summed E-state index contributed by atoms with van der Waals surface area (Å²) in [6.45, 7) is 2.17. The van der Waals surface area contributed by atoms with Gasteiger partial charge < -0.3 is 0 Å². The molecule has 0 saturated heterocycles. The lowest BCUT2D eigenvalue weighted by Crippen LogP contribution is -1.96. The van der Waals surface area contributed by atoms with Gasteiger partial charge in [0.2, 0.25) is 0 Å². The Morgan fingerprint density at radius 3 is 3.12 bits per heavy atom. The summed E-state index contributed by atoms with van der Waals surface area (Å²) in [6.07, 6.45) is 7.70. The van der Waals surface area contributed by atoms with Gasteiger partial charge in [-0.25, -0.2) is 4.98 Å². The summed E-state index contributed by atoms with van der Waals surface area (Å²) in [5, 5.41) is 0. The van der Waals surface area contributed by atoms with Crippen LogP contribution in [0.5, 0.6) is 0 Å². The van der Waals surface area contributed by atoms with E-state index in [-0.39, 0.29) is 5.92 Å². The molecule has 0 aliphatic rings. The zero-order valence-electron chi connectivity index (χ0n) is 9.17. The first-order valence-electron chi connectivity index (χ1n) is 5.27. The molecule has 0 amide bonds. The van der Waals surface area contributed by atoms with Crippen LogP contribution >= 0.6 is 33.9 Å². The van der Waals surface area contributed by atoms with Crippen molar-refractivity contribution in [2.24, 2.45) is 0 Å². The SMILES string of the molecule is CC(c1cccnc1)c1ncn2cc(I)sc12. The quantitative estimate of drug-likeness (QED) is 0.658. The summed E-state index contributed by atoms with van der Waals surface area (Å²) in [6, 6.07) is 4.07. The molecule has 1 unspecified atom stereocenters. The Kier molecular flexibility index (Phi) is 2.87. The molecule has 3 heterocycles. The Balaban J connectivity index is 2.09. The maximum Gasteiger partial charge on any atom is 0.124 e. The van der Waals surface area contributed by atoms with Crippen LogP contribution in [0.1, 0.15) is 24.1 Å². The zero-order valence-corrected chi connectivity index (χ0v) is 12.1. The van der Waals surface area contributed by atoms with Crippen LogP contribution in [0.2, 0.25) is 0 Å². The number of aromatic nitrogens is 3. The molecule has 3 nitrogen and oxygen atoms in total. The zero-order chi connectivity index (χ0) is 11.8. The number of imidazole rings is 1. The lowest BCUT2D eigenvalue weighted by atomic mass is 10.0. The maximum absolute atomic E-state index is 4.51. The van der Waals surface area contributed by atoms with Crippen LogP contribution in [0.15, 0.2) is 37.1 Å². The lowest BCUT2D eigenvalue weighted by molar-refractivity contribution is 0.885. The van der Waals surface area contributed by atoms with E-state index in [0.29, 0.717) is 0 Å². The fourth-order valence-corrected chi connectivity index (χ4v) is 3.69. The number of fused-ring (bicyclic) bond motifs is 1. The topological polar surface area (TPSA) is 30.2 Å². The standard InChI is InChI=1S/C12H10IN3S/c1-8(9-3-2-4-14-5-9)11-12-16(7-15-11)6-10(13)17-12/h2-8H,1H3. The predicted molar refractivity (Wildman–Crippen MR) is 77.5 cm³/mol. The second-order valence-electron chi connectivity index (χ2n) is 3.89. The summed E-state index contributed by atoms with van der Waals surface area (Å²) in [7, 11) is 0. The Bertz CT molecular complexity index is 644. The molecule has 0 aliphatic heterocycles. The minimum absolute atomic E-state index is 0.281. The number of pyridine rings is 1. The molecule has 86 valence electrons. The van der Waals surface area contributed by atoms with Crippen molar-refractivity contribution in [3.05, 3.63) is 51.2 Å². The van der Waals surface area contributed by atoms with Crippen molar-refractivity contribution in [1.29, 1.82) is 0 Å². The lowest BCUT2D eigenvalue weighted by Gasteiger charge is -2.07. The third-order valence-corrected chi connectivity index (χ3v) is 4.66. The molecule has 0 fully saturated rings. The molecule has 0 saturated carbocycles. The third kappa shape index (κ3) is 1.97. The average Bonchev–Trinajstić information content (AvgIpc) is 2.88.